The molecule has 1 heterocycles. The van der Waals surface area contributed by atoms with Crippen LogP contribution in [-0.4, -0.2) is 60.1 Å². The maximum absolute atomic E-state index is 12.7. The average molecular weight is 479 g/mol. The van der Waals surface area contributed by atoms with E-state index in [1.807, 2.05) is 0 Å². The number of rotatable bonds is 9. The number of benzene rings is 1. The summed E-state index contributed by atoms with van der Waals surface area (Å²) in [5.41, 5.74) is 0.310. The van der Waals surface area contributed by atoms with Crippen molar-refractivity contribution >= 4 is 46.7 Å². The van der Waals surface area contributed by atoms with Crippen LogP contribution in [0.5, 0.6) is 0 Å². The molecule has 1 aromatic carbocycles. The predicted octanol–water partition coefficient (Wildman–Crippen LogP) is 4.07. The van der Waals surface area contributed by atoms with Crippen LogP contribution in [0.3, 0.4) is 0 Å². The van der Waals surface area contributed by atoms with Gasteiger partial charge in [-0.3, -0.25) is 5.41 Å². The van der Waals surface area contributed by atoms with E-state index >= 15 is 0 Å². The Balaban J connectivity index is 2.30. The van der Waals surface area contributed by atoms with E-state index < -0.39 is 40.3 Å². The maximum atomic E-state index is 12.7. The lowest BCUT2D eigenvalue weighted by Gasteiger charge is -2.41. The van der Waals surface area contributed by atoms with Crippen molar-refractivity contribution in [3.8, 4) is 0 Å². The Hall–Kier alpha value is -1.61. The van der Waals surface area contributed by atoms with Gasteiger partial charge in [-0.1, -0.05) is 65.2 Å². The first-order valence-electron chi connectivity index (χ1n) is 8.93. The number of carbonyl (C=O) groups is 1. The maximum Gasteiger partial charge on any atom is 0.338 e. The number of nitrogens with one attached hydrogen (secondary N) is 1. The molecule has 1 unspecified atom stereocenters. The van der Waals surface area contributed by atoms with E-state index in [1.165, 1.54) is 6.08 Å². The van der Waals surface area contributed by atoms with Gasteiger partial charge in [-0.2, -0.15) is 0 Å². The average Bonchev–Trinajstić information content (AvgIpc) is 2.72. The van der Waals surface area contributed by atoms with E-state index in [0.717, 1.165) is 0 Å². The molecule has 2 rings (SSSR count). The molecular weight excluding hydrogens is 457 g/mol. The highest BCUT2D eigenvalue weighted by atomic mass is 35.6. The molecule has 4 atom stereocenters. The monoisotopic (exact) mass is 477 g/mol. The summed E-state index contributed by atoms with van der Waals surface area (Å²) in [7, 11) is 0. The standard InChI is InChI=1S/C20H22Cl3NO6/c1-3-10-26-14-12-28-18(30-19(24)20(21,22)23)16(15(14)27-11-4-2)29-17(25)13-8-6-5-7-9-13/h3-9,14-16,18,24H,1-2,10-12H2/t14-,15+,16+,18?/m0/s1. The van der Waals surface area contributed by atoms with Gasteiger partial charge < -0.3 is 23.7 Å². The Bertz CT molecular complexity index is 740. The number of hydrogen-bond acceptors (Lipinski definition) is 7. The quantitative estimate of drug-likeness (QED) is 0.189. The van der Waals surface area contributed by atoms with Crippen LogP contribution in [0.2, 0.25) is 0 Å². The Kier molecular flexibility index (Phi) is 9.61. The molecule has 0 aromatic heterocycles. The minimum absolute atomic E-state index is 0.0207. The second kappa shape index (κ2) is 11.7. The summed E-state index contributed by atoms with van der Waals surface area (Å²) in [4.78, 5) is 12.7. The summed E-state index contributed by atoms with van der Waals surface area (Å²) < 4.78 is 26.0. The van der Waals surface area contributed by atoms with Crippen molar-refractivity contribution in [3.05, 3.63) is 61.2 Å². The molecule has 0 saturated carbocycles. The summed E-state index contributed by atoms with van der Waals surface area (Å²) in [6.07, 6.45) is -0.713. The van der Waals surface area contributed by atoms with E-state index in [9.17, 15) is 4.79 Å². The van der Waals surface area contributed by atoms with Gasteiger partial charge in [0, 0.05) is 0 Å². The van der Waals surface area contributed by atoms with E-state index in [1.54, 1.807) is 36.4 Å². The fraction of sp³-hybridized carbons (Fsp3) is 0.400. The zero-order valence-electron chi connectivity index (χ0n) is 16.0. The number of alkyl halides is 3. The van der Waals surface area contributed by atoms with E-state index in [0.29, 0.717) is 5.56 Å². The second-order valence-corrected chi connectivity index (χ2v) is 8.41. The summed E-state index contributed by atoms with van der Waals surface area (Å²) in [6.45, 7) is 7.63. The molecular formula is C20H22Cl3NO6. The largest absolute Gasteiger partial charge is 0.449 e. The van der Waals surface area contributed by atoms with E-state index in [2.05, 4.69) is 13.2 Å². The van der Waals surface area contributed by atoms with Gasteiger partial charge in [-0.25, -0.2) is 4.79 Å². The van der Waals surface area contributed by atoms with E-state index in [-0.39, 0.29) is 19.8 Å². The molecule has 7 nitrogen and oxygen atoms in total. The number of carbonyl (C=O) groups excluding carboxylic acids is 1. The number of hydrogen-bond donors (Lipinski definition) is 1. The smallest absolute Gasteiger partial charge is 0.338 e. The Labute approximate surface area is 189 Å². The van der Waals surface area contributed by atoms with Gasteiger partial charge >= 0.3 is 5.97 Å². The highest BCUT2D eigenvalue weighted by molar-refractivity contribution is 6.76. The van der Waals surface area contributed by atoms with Crippen molar-refractivity contribution in [1.82, 2.24) is 0 Å². The van der Waals surface area contributed by atoms with Gasteiger partial charge in [-0.15, -0.1) is 13.2 Å². The summed E-state index contributed by atoms with van der Waals surface area (Å²) in [6, 6.07) is 8.35. The number of halogens is 3. The lowest BCUT2D eigenvalue weighted by molar-refractivity contribution is -0.261. The first kappa shape index (κ1) is 24.7. The fourth-order valence-corrected chi connectivity index (χ4v) is 2.77. The molecule has 1 aliphatic heterocycles. The minimum atomic E-state index is -2.12. The first-order valence-corrected chi connectivity index (χ1v) is 10.1. The van der Waals surface area contributed by atoms with Crippen LogP contribution in [0.1, 0.15) is 10.4 Å². The van der Waals surface area contributed by atoms with Crippen molar-refractivity contribution in [2.75, 3.05) is 19.8 Å². The molecule has 0 bridgehead atoms. The zero-order chi connectivity index (χ0) is 22.1. The number of esters is 1. The molecule has 10 heteroatoms. The van der Waals surface area contributed by atoms with Crippen LogP contribution >= 0.6 is 34.8 Å². The first-order chi connectivity index (χ1) is 14.3. The van der Waals surface area contributed by atoms with Gasteiger partial charge in [0.2, 0.25) is 12.2 Å². The van der Waals surface area contributed by atoms with Crippen LogP contribution in [0.25, 0.3) is 0 Å². The molecule has 30 heavy (non-hydrogen) atoms. The molecule has 0 spiro atoms. The highest BCUT2D eigenvalue weighted by Crippen LogP contribution is 2.31. The van der Waals surface area contributed by atoms with Gasteiger partial charge in [0.25, 0.3) is 3.79 Å². The molecule has 1 saturated heterocycles. The lowest BCUT2D eigenvalue weighted by atomic mass is 10.0. The predicted molar refractivity (Wildman–Crippen MR) is 114 cm³/mol. The SMILES string of the molecule is C=CCO[C@@H]1[C@@H](OCC=C)COC(OC(=N)C(Cl)(Cl)Cl)[C@@H]1OC(=O)c1ccccc1. The Morgan fingerprint density at radius 2 is 1.73 bits per heavy atom. The third-order valence-corrected chi connectivity index (χ3v) is 4.48. The van der Waals surface area contributed by atoms with Gasteiger partial charge in [0.05, 0.1) is 25.4 Å². The van der Waals surface area contributed by atoms with Crippen molar-refractivity contribution < 1.29 is 28.5 Å². The molecule has 1 N–H and O–H groups in total. The zero-order valence-corrected chi connectivity index (χ0v) is 18.2. The summed E-state index contributed by atoms with van der Waals surface area (Å²) >= 11 is 17.1. The highest BCUT2D eigenvalue weighted by Gasteiger charge is 2.47. The van der Waals surface area contributed by atoms with E-state index in [4.69, 9.17) is 63.9 Å². The van der Waals surface area contributed by atoms with Crippen molar-refractivity contribution in [1.29, 1.82) is 5.41 Å². The van der Waals surface area contributed by atoms with Gasteiger partial charge in [0.1, 0.15) is 12.2 Å². The molecule has 1 aromatic rings. The number of ether oxygens (including phenoxy) is 5. The Morgan fingerprint density at radius 3 is 2.33 bits per heavy atom. The van der Waals surface area contributed by atoms with Crippen LogP contribution in [-0.2, 0) is 23.7 Å². The molecule has 0 amide bonds. The fourth-order valence-electron chi connectivity index (χ4n) is 2.63. The molecule has 0 aliphatic carbocycles. The van der Waals surface area contributed by atoms with Gasteiger partial charge in [-0.05, 0) is 12.1 Å². The summed E-state index contributed by atoms with van der Waals surface area (Å²) in [5.74, 6) is -1.33. The lowest BCUT2D eigenvalue weighted by Crippen LogP contribution is -2.58. The topological polar surface area (TPSA) is 87.1 Å². The normalized spacial score (nSPS) is 24.0. The van der Waals surface area contributed by atoms with Crippen LogP contribution in [0.4, 0.5) is 0 Å². The van der Waals surface area contributed by atoms with Crippen molar-refractivity contribution in [2.45, 2.75) is 28.4 Å². The molecule has 164 valence electrons. The third-order valence-electron chi connectivity index (χ3n) is 3.96. The van der Waals surface area contributed by atoms with Crippen LogP contribution in [0, 0.1) is 5.41 Å². The third kappa shape index (κ3) is 6.97. The minimum Gasteiger partial charge on any atom is -0.449 e. The van der Waals surface area contributed by atoms with Crippen LogP contribution < -0.4 is 0 Å². The molecule has 1 fully saturated rings. The van der Waals surface area contributed by atoms with Gasteiger partial charge in [0.15, 0.2) is 6.10 Å². The second-order valence-electron chi connectivity index (χ2n) is 6.13. The molecule has 1 aliphatic rings. The Morgan fingerprint density at radius 1 is 1.10 bits per heavy atom. The molecule has 0 radical (unpaired) electrons. The van der Waals surface area contributed by atoms with Crippen LogP contribution in [0.15, 0.2) is 55.6 Å². The van der Waals surface area contributed by atoms with Crippen molar-refractivity contribution in [2.24, 2.45) is 0 Å². The van der Waals surface area contributed by atoms with Crippen molar-refractivity contribution in [3.63, 3.8) is 0 Å². The summed E-state index contributed by atoms with van der Waals surface area (Å²) in [5, 5.41) is 7.84.